The van der Waals surface area contributed by atoms with E-state index in [0.717, 1.165) is 30.0 Å². The van der Waals surface area contributed by atoms with Crippen LogP contribution in [0, 0.1) is 0 Å². The molecular weight excluding hydrogens is 228 g/mol. The number of nitrogens with zero attached hydrogens (tertiary/aromatic N) is 3. The first-order valence-corrected chi connectivity index (χ1v) is 6.09. The number of rotatable bonds is 3. The van der Waals surface area contributed by atoms with E-state index in [2.05, 4.69) is 16.4 Å². The first kappa shape index (κ1) is 11.2. The Morgan fingerprint density at radius 3 is 3.17 bits per heavy atom. The van der Waals surface area contributed by atoms with Gasteiger partial charge in [-0.15, -0.1) is 5.10 Å². The molecule has 1 aromatic heterocycles. The molecule has 1 aromatic carbocycles. The topological polar surface area (TPSA) is 66.0 Å². The second-order valence-corrected chi connectivity index (χ2v) is 4.66. The van der Waals surface area contributed by atoms with Gasteiger partial charge in [0.15, 0.2) is 0 Å². The van der Waals surface area contributed by atoms with Gasteiger partial charge in [-0.3, -0.25) is 4.68 Å². The second kappa shape index (κ2) is 4.42. The van der Waals surface area contributed by atoms with Gasteiger partial charge in [-0.05, 0) is 17.2 Å². The van der Waals surface area contributed by atoms with E-state index >= 15 is 0 Å². The van der Waals surface area contributed by atoms with Crippen molar-refractivity contribution in [1.29, 1.82) is 0 Å². The lowest BCUT2D eigenvalue weighted by atomic mass is 10.00. The molecule has 0 fully saturated rings. The predicted molar refractivity (Wildman–Crippen MR) is 67.3 cm³/mol. The summed E-state index contributed by atoms with van der Waals surface area (Å²) in [6.07, 6.45) is 3.57. The Morgan fingerprint density at radius 2 is 2.39 bits per heavy atom. The number of hydrogen-bond acceptors (Lipinski definition) is 4. The van der Waals surface area contributed by atoms with E-state index in [1.54, 1.807) is 4.68 Å². The predicted octanol–water partition coefficient (Wildman–Crippen LogP) is 0.993. The first-order chi connectivity index (χ1) is 8.72. The van der Waals surface area contributed by atoms with E-state index in [-0.39, 0.29) is 6.04 Å². The number of benzene rings is 1. The summed E-state index contributed by atoms with van der Waals surface area (Å²) in [5.41, 5.74) is 9.51. The SMILES string of the molecule is Cn1cc(CC(N)c2ccc3c(c2)CCO3)nn1. The van der Waals surface area contributed by atoms with Crippen molar-refractivity contribution in [2.45, 2.75) is 18.9 Å². The summed E-state index contributed by atoms with van der Waals surface area (Å²) in [5, 5.41) is 7.97. The normalized spacial score (nSPS) is 15.2. The Bertz CT molecular complexity index is 564. The lowest BCUT2D eigenvalue weighted by molar-refractivity contribution is 0.357. The van der Waals surface area contributed by atoms with Crippen LogP contribution in [-0.2, 0) is 19.9 Å². The minimum atomic E-state index is -0.0485. The maximum absolute atomic E-state index is 6.21. The van der Waals surface area contributed by atoms with Crippen LogP contribution in [0.4, 0.5) is 0 Å². The molecular formula is C13H16N4O. The molecule has 2 aromatic rings. The molecule has 0 saturated carbocycles. The fourth-order valence-corrected chi connectivity index (χ4v) is 2.27. The van der Waals surface area contributed by atoms with Gasteiger partial charge in [-0.2, -0.15) is 0 Å². The van der Waals surface area contributed by atoms with Crippen molar-refractivity contribution in [3.8, 4) is 5.75 Å². The van der Waals surface area contributed by atoms with Crippen LogP contribution in [-0.4, -0.2) is 21.6 Å². The van der Waals surface area contributed by atoms with Crippen LogP contribution in [0.15, 0.2) is 24.4 Å². The lowest BCUT2D eigenvalue weighted by Gasteiger charge is -2.11. The molecule has 1 aliphatic rings. The van der Waals surface area contributed by atoms with E-state index in [0.29, 0.717) is 6.42 Å². The minimum Gasteiger partial charge on any atom is -0.493 e. The molecule has 0 bridgehead atoms. The molecule has 0 spiro atoms. The van der Waals surface area contributed by atoms with Crippen LogP contribution in [0.5, 0.6) is 5.75 Å². The van der Waals surface area contributed by atoms with E-state index in [1.807, 2.05) is 25.4 Å². The van der Waals surface area contributed by atoms with Crippen LogP contribution in [0.1, 0.15) is 22.9 Å². The first-order valence-electron chi connectivity index (χ1n) is 6.09. The molecule has 5 heteroatoms. The number of aromatic nitrogens is 3. The molecule has 0 amide bonds. The van der Waals surface area contributed by atoms with Gasteiger partial charge >= 0.3 is 0 Å². The summed E-state index contributed by atoms with van der Waals surface area (Å²) >= 11 is 0. The average Bonchev–Trinajstić information content (AvgIpc) is 2.96. The van der Waals surface area contributed by atoms with E-state index in [4.69, 9.17) is 10.5 Å². The van der Waals surface area contributed by atoms with Crippen LogP contribution in [0.3, 0.4) is 0 Å². The van der Waals surface area contributed by atoms with E-state index in [1.165, 1.54) is 5.56 Å². The van der Waals surface area contributed by atoms with Crippen LogP contribution < -0.4 is 10.5 Å². The summed E-state index contributed by atoms with van der Waals surface area (Å²) < 4.78 is 7.18. The van der Waals surface area contributed by atoms with Crippen molar-refractivity contribution in [2.75, 3.05) is 6.61 Å². The summed E-state index contributed by atoms with van der Waals surface area (Å²) in [7, 11) is 1.86. The standard InChI is InChI=1S/C13H16N4O/c1-17-8-11(15-16-17)7-12(14)9-2-3-13-10(6-9)4-5-18-13/h2-3,6,8,12H,4-5,7,14H2,1H3. The maximum Gasteiger partial charge on any atom is 0.122 e. The molecule has 2 heterocycles. The number of aryl methyl sites for hydroxylation is 1. The number of ether oxygens (including phenoxy) is 1. The maximum atomic E-state index is 6.21. The molecule has 1 aliphatic heterocycles. The molecule has 2 N–H and O–H groups in total. The van der Waals surface area contributed by atoms with Gasteiger partial charge in [0.05, 0.1) is 12.3 Å². The molecule has 18 heavy (non-hydrogen) atoms. The zero-order valence-electron chi connectivity index (χ0n) is 10.3. The summed E-state index contributed by atoms with van der Waals surface area (Å²) in [6.45, 7) is 0.776. The highest BCUT2D eigenvalue weighted by atomic mass is 16.5. The number of hydrogen-bond donors (Lipinski definition) is 1. The van der Waals surface area contributed by atoms with Crippen LogP contribution in [0.25, 0.3) is 0 Å². The summed E-state index contributed by atoms with van der Waals surface area (Å²) in [5.74, 6) is 0.991. The molecule has 1 unspecified atom stereocenters. The Labute approximate surface area is 106 Å². The summed E-state index contributed by atoms with van der Waals surface area (Å²) in [4.78, 5) is 0. The fourth-order valence-electron chi connectivity index (χ4n) is 2.27. The second-order valence-electron chi connectivity index (χ2n) is 4.66. The van der Waals surface area contributed by atoms with Crippen molar-refractivity contribution in [3.63, 3.8) is 0 Å². The molecule has 3 rings (SSSR count). The lowest BCUT2D eigenvalue weighted by Crippen LogP contribution is -2.13. The zero-order chi connectivity index (χ0) is 12.5. The minimum absolute atomic E-state index is 0.0485. The molecule has 0 aliphatic carbocycles. The quantitative estimate of drug-likeness (QED) is 0.874. The van der Waals surface area contributed by atoms with Gasteiger partial charge in [-0.1, -0.05) is 17.3 Å². The van der Waals surface area contributed by atoms with Crippen molar-refractivity contribution in [1.82, 2.24) is 15.0 Å². The van der Waals surface area contributed by atoms with Gasteiger partial charge in [0.25, 0.3) is 0 Å². The molecule has 0 saturated heterocycles. The third kappa shape index (κ3) is 2.09. The van der Waals surface area contributed by atoms with Crippen molar-refractivity contribution in [2.24, 2.45) is 12.8 Å². The van der Waals surface area contributed by atoms with Gasteiger partial charge in [-0.25, -0.2) is 0 Å². The third-order valence-corrected chi connectivity index (χ3v) is 3.22. The van der Waals surface area contributed by atoms with Gasteiger partial charge in [0.2, 0.25) is 0 Å². The molecule has 0 radical (unpaired) electrons. The molecule has 5 nitrogen and oxygen atoms in total. The van der Waals surface area contributed by atoms with E-state index in [9.17, 15) is 0 Å². The largest absolute Gasteiger partial charge is 0.493 e. The van der Waals surface area contributed by atoms with Crippen molar-refractivity contribution < 1.29 is 4.74 Å². The van der Waals surface area contributed by atoms with Crippen LogP contribution in [0.2, 0.25) is 0 Å². The number of fused-ring (bicyclic) bond motifs is 1. The highest BCUT2D eigenvalue weighted by Gasteiger charge is 2.15. The van der Waals surface area contributed by atoms with Gasteiger partial charge < -0.3 is 10.5 Å². The fraction of sp³-hybridized carbons (Fsp3) is 0.385. The average molecular weight is 244 g/mol. The highest BCUT2D eigenvalue weighted by Crippen LogP contribution is 2.28. The smallest absolute Gasteiger partial charge is 0.122 e. The van der Waals surface area contributed by atoms with E-state index < -0.39 is 0 Å². The zero-order valence-corrected chi connectivity index (χ0v) is 10.3. The third-order valence-electron chi connectivity index (χ3n) is 3.22. The monoisotopic (exact) mass is 244 g/mol. The van der Waals surface area contributed by atoms with Gasteiger partial charge in [0, 0.05) is 32.1 Å². The Morgan fingerprint density at radius 1 is 1.50 bits per heavy atom. The van der Waals surface area contributed by atoms with Gasteiger partial charge in [0.1, 0.15) is 5.75 Å². The van der Waals surface area contributed by atoms with Crippen molar-refractivity contribution in [3.05, 3.63) is 41.2 Å². The Kier molecular flexibility index (Phi) is 2.76. The molecule has 1 atom stereocenters. The molecule has 94 valence electrons. The Hall–Kier alpha value is -1.88. The van der Waals surface area contributed by atoms with Crippen molar-refractivity contribution >= 4 is 0 Å². The number of nitrogens with two attached hydrogens (primary N) is 1. The van der Waals surface area contributed by atoms with Crippen LogP contribution >= 0.6 is 0 Å². The Balaban J connectivity index is 1.78. The summed E-state index contributed by atoms with van der Waals surface area (Å²) in [6, 6.07) is 6.13. The highest BCUT2D eigenvalue weighted by molar-refractivity contribution is 5.40.